The number of likely N-dealkylation sites (tertiary alicyclic amines) is 1. The maximum absolute atomic E-state index is 8.59. The zero-order valence-electron chi connectivity index (χ0n) is 13.1. The predicted octanol–water partition coefficient (Wildman–Crippen LogP) is 2.95. The Labute approximate surface area is 121 Å². The lowest BCUT2D eigenvalue weighted by Gasteiger charge is -2.28. The Kier molecular flexibility index (Phi) is 7.91. The fourth-order valence-corrected chi connectivity index (χ4v) is 3.29. The lowest BCUT2D eigenvalue weighted by molar-refractivity contribution is -0.261. The van der Waals surface area contributed by atoms with Crippen LogP contribution in [0.3, 0.4) is 0 Å². The van der Waals surface area contributed by atoms with Crippen molar-refractivity contribution in [2.75, 3.05) is 32.7 Å². The average molecular weight is 276 g/mol. The molecular weight excluding hydrogens is 240 g/mol. The van der Waals surface area contributed by atoms with Crippen LogP contribution in [-0.2, 0) is 4.89 Å². The molecule has 118 valence electrons. The minimum absolute atomic E-state index is 0. The van der Waals surface area contributed by atoms with Crippen molar-refractivity contribution in [2.45, 2.75) is 46.6 Å². The van der Waals surface area contributed by atoms with E-state index >= 15 is 0 Å². The Balaban J connectivity index is 0. The molecule has 2 saturated heterocycles. The molecule has 2 unspecified atom stereocenters. The maximum Gasteiger partial charge on any atom is 0.102 e. The molecular formula is C15H36N2O2. The first-order chi connectivity index (χ1) is 9.38. The van der Waals surface area contributed by atoms with E-state index in [1.807, 2.05) is 27.7 Å². The second kappa shape index (κ2) is 8.90. The van der Waals surface area contributed by atoms with E-state index in [1.54, 1.807) is 0 Å². The van der Waals surface area contributed by atoms with Crippen LogP contribution in [0.5, 0.6) is 0 Å². The van der Waals surface area contributed by atoms with E-state index < -0.39 is 0 Å². The lowest BCUT2D eigenvalue weighted by Crippen LogP contribution is -2.36. The van der Waals surface area contributed by atoms with Crippen LogP contribution in [0.4, 0.5) is 0 Å². The number of nitrogens with one attached hydrogen (secondary N) is 1. The van der Waals surface area contributed by atoms with Crippen LogP contribution >= 0.6 is 0 Å². The summed E-state index contributed by atoms with van der Waals surface area (Å²) in [6, 6.07) is 0. The molecule has 4 heteroatoms. The Morgan fingerprint density at radius 2 is 1.63 bits per heavy atom. The van der Waals surface area contributed by atoms with Crippen molar-refractivity contribution in [1.29, 1.82) is 0 Å². The molecule has 1 aliphatic carbocycles. The first-order valence-corrected chi connectivity index (χ1v) is 8.12. The monoisotopic (exact) mass is 276 g/mol. The zero-order chi connectivity index (χ0) is 14.3. The lowest BCUT2D eigenvalue weighted by atomic mass is 9.97. The summed E-state index contributed by atoms with van der Waals surface area (Å²) in [5.74, 6) is 2.13. The van der Waals surface area contributed by atoms with Gasteiger partial charge in [0.15, 0.2) is 0 Å². The summed E-state index contributed by atoms with van der Waals surface area (Å²) in [6.45, 7) is 13.9. The number of nitrogens with zero attached hydrogens (tertiary/aromatic N) is 1. The molecule has 0 aromatic heterocycles. The molecule has 3 rings (SSSR count). The third-order valence-electron chi connectivity index (χ3n) is 4.29. The van der Waals surface area contributed by atoms with Gasteiger partial charge < -0.3 is 10.2 Å². The minimum atomic E-state index is 0. The third-order valence-corrected chi connectivity index (χ3v) is 4.29. The van der Waals surface area contributed by atoms with Gasteiger partial charge in [0.2, 0.25) is 0 Å². The van der Waals surface area contributed by atoms with Crippen molar-refractivity contribution in [2.24, 2.45) is 17.8 Å². The highest BCUT2D eigenvalue weighted by Gasteiger charge is 2.57. The molecule has 0 amide bonds. The van der Waals surface area contributed by atoms with Gasteiger partial charge in [0.25, 0.3) is 0 Å². The van der Waals surface area contributed by atoms with Crippen LogP contribution in [0.2, 0.25) is 0 Å². The number of fused-ring (bicyclic) bond motifs is 1. The molecule has 0 aromatic carbocycles. The van der Waals surface area contributed by atoms with Gasteiger partial charge in [-0.05, 0) is 31.8 Å². The fraction of sp³-hybridized carbons (Fsp3) is 1.00. The summed E-state index contributed by atoms with van der Waals surface area (Å²) < 4.78 is 0. The molecule has 19 heavy (non-hydrogen) atoms. The van der Waals surface area contributed by atoms with Gasteiger partial charge in [-0.3, -0.25) is 5.26 Å². The predicted molar refractivity (Wildman–Crippen MR) is 83.4 cm³/mol. The van der Waals surface area contributed by atoms with E-state index in [2.05, 4.69) is 15.1 Å². The Morgan fingerprint density at radius 1 is 1.11 bits per heavy atom. The first kappa shape index (κ1) is 16.9. The van der Waals surface area contributed by atoms with Crippen molar-refractivity contribution < 1.29 is 13.0 Å². The van der Waals surface area contributed by atoms with Crippen LogP contribution in [0.25, 0.3) is 0 Å². The van der Waals surface area contributed by atoms with Crippen LogP contribution in [-0.4, -0.2) is 49.0 Å². The Morgan fingerprint density at radius 3 is 2.11 bits per heavy atom. The fourth-order valence-electron chi connectivity index (χ4n) is 3.29. The molecule has 3 fully saturated rings. The summed E-state index contributed by atoms with van der Waals surface area (Å²) in [7, 11) is 0. The van der Waals surface area contributed by atoms with Crippen molar-refractivity contribution in [3.05, 3.63) is 0 Å². The summed E-state index contributed by atoms with van der Waals surface area (Å²) in [4.78, 5) is 6.99. The summed E-state index contributed by atoms with van der Waals surface area (Å²) in [5, 5.41) is 12.0. The topological polar surface area (TPSA) is 44.7 Å². The smallest absolute Gasteiger partial charge is 0.102 e. The van der Waals surface area contributed by atoms with Gasteiger partial charge in [-0.15, -0.1) is 0 Å². The van der Waals surface area contributed by atoms with Gasteiger partial charge in [-0.2, -0.15) is 0 Å². The van der Waals surface area contributed by atoms with Crippen molar-refractivity contribution in [3.63, 3.8) is 0 Å². The van der Waals surface area contributed by atoms with Crippen molar-refractivity contribution >= 4 is 0 Å². The van der Waals surface area contributed by atoms with Crippen molar-refractivity contribution in [3.8, 4) is 0 Å². The molecule has 0 radical (unpaired) electrons. The largest absolute Gasteiger partial charge is 0.317 e. The summed E-state index contributed by atoms with van der Waals surface area (Å²) in [6.07, 6.45) is 2.81. The quantitative estimate of drug-likeness (QED) is 0.614. The highest BCUT2D eigenvalue weighted by atomic mass is 17.1. The molecule has 0 bridgehead atoms. The molecule has 4 nitrogen and oxygen atoms in total. The second-order valence-electron chi connectivity index (χ2n) is 5.31. The number of piperidine rings is 2. The molecule has 2 heterocycles. The molecule has 2 N–H and O–H groups in total. The average Bonchev–Trinajstić information content (AvgIpc) is 2.98. The molecule has 0 spiro atoms. The molecule has 3 aliphatic rings. The highest BCUT2D eigenvalue weighted by molar-refractivity contribution is 5.06. The molecule has 0 aromatic rings. The molecule has 1 saturated carbocycles. The van der Waals surface area contributed by atoms with E-state index in [0.29, 0.717) is 11.8 Å². The SMILES string of the molecule is CC.CC.OOC1C2CN(CC3CCNCC3)CC21.[HH].[HH]. The van der Waals surface area contributed by atoms with Crippen LogP contribution < -0.4 is 5.32 Å². The summed E-state index contributed by atoms with van der Waals surface area (Å²) >= 11 is 0. The van der Waals surface area contributed by atoms with E-state index in [9.17, 15) is 0 Å². The standard InChI is InChI=1S/C11H20N2O2.2C2H6.2H2/c14-15-11-9-6-13(7-10(9)11)5-8-1-3-12-4-2-8;2*1-2;;/h8-12,14H,1-7H2;2*1-2H3;2*1H. The maximum atomic E-state index is 8.59. The summed E-state index contributed by atoms with van der Waals surface area (Å²) in [5.41, 5.74) is 0. The first-order valence-electron chi connectivity index (χ1n) is 8.12. The van der Waals surface area contributed by atoms with Crippen molar-refractivity contribution in [1.82, 2.24) is 10.2 Å². The van der Waals surface area contributed by atoms with Gasteiger partial charge in [0.1, 0.15) is 6.10 Å². The highest BCUT2D eigenvalue weighted by Crippen LogP contribution is 2.47. The number of rotatable bonds is 3. The third kappa shape index (κ3) is 4.42. The zero-order valence-corrected chi connectivity index (χ0v) is 13.1. The normalized spacial score (nSPS) is 33.6. The number of hydrogen-bond donors (Lipinski definition) is 2. The van der Waals surface area contributed by atoms with E-state index in [-0.39, 0.29) is 8.96 Å². The second-order valence-corrected chi connectivity index (χ2v) is 5.31. The van der Waals surface area contributed by atoms with Gasteiger partial charge in [-0.25, -0.2) is 4.89 Å². The molecule has 2 aliphatic heterocycles. The minimum Gasteiger partial charge on any atom is -0.317 e. The Bertz CT molecular complexity index is 230. The van der Waals surface area contributed by atoms with Gasteiger partial charge in [-0.1, -0.05) is 27.7 Å². The van der Waals surface area contributed by atoms with E-state index in [0.717, 1.165) is 19.0 Å². The number of hydrogen-bond acceptors (Lipinski definition) is 4. The van der Waals surface area contributed by atoms with E-state index in [1.165, 1.54) is 32.5 Å². The Hall–Kier alpha value is -0.160. The van der Waals surface area contributed by atoms with Crippen LogP contribution in [0.1, 0.15) is 43.4 Å². The molecule has 2 atom stereocenters. The van der Waals surface area contributed by atoms with Gasteiger partial charge in [0.05, 0.1) is 0 Å². The van der Waals surface area contributed by atoms with Gasteiger partial charge in [0, 0.05) is 34.3 Å². The van der Waals surface area contributed by atoms with E-state index in [4.69, 9.17) is 5.26 Å². The van der Waals surface area contributed by atoms with Gasteiger partial charge >= 0.3 is 0 Å². The van der Waals surface area contributed by atoms with Crippen LogP contribution in [0, 0.1) is 17.8 Å². The van der Waals surface area contributed by atoms with Crippen LogP contribution in [0.15, 0.2) is 0 Å².